The second-order valence-corrected chi connectivity index (χ2v) is 3.33. The van der Waals surface area contributed by atoms with E-state index < -0.39 is 0 Å². The van der Waals surface area contributed by atoms with Crippen LogP contribution in [0.1, 0.15) is 11.4 Å². The van der Waals surface area contributed by atoms with Crippen LogP contribution in [-0.4, -0.2) is 31.6 Å². The van der Waals surface area contributed by atoms with Gasteiger partial charge in [-0.1, -0.05) is 0 Å². The Labute approximate surface area is 102 Å². The number of hydrogen-bond donors (Lipinski definition) is 2. The first kappa shape index (κ1) is 10.3. The molecular weight excluding hydrogens is 232 g/mol. The Bertz CT molecular complexity index is 536. The first-order valence-electron chi connectivity index (χ1n) is 5.13. The summed E-state index contributed by atoms with van der Waals surface area (Å²) in [5.74, 6) is 0.992. The molecule has 8 heteroatoms. The van der Waals surface area contributed by atoms with Crippen molar-refractivity contribution in [2.45, 2.75) is 0 Å². The fourth-order valence-corrected chi connectivity index (χ4v) is 1.34. The maximum absolute atomic E-state index is 4.11. The van der Waals surface area contributed by atoms with Crippen LogP contribution >= 0.6 is 0 Å². The molecule has 8 nitrogen and oxygen atoms in total. The summed E-state index contributed by atoms with van der Waals surface area (Å²) in [5, 5.41) is 8.22. The van der Waals surface area contributed by atoms with Gasteiger partial charge in [0.2, 0.25) is 0 Å². The topological polar surface area (TPSA) is 100 Å². The van der Waals surface area contributed by atoms with Crippen molar-refractivity contribution in [2.75, 3.05) is 0 Å². The molecule has 0 amide bonds. The first-order chi connectivity index (χ1) is 8.93. The molecule has 0 bridgehead atoms. The molecule has 3 rings (SSSR count). The quantitative estimate of drug-likeness (QED) is 0.732. The molecule has 1 aliphatic rings. The molecule has 0 aliphatic carbocycles. The van der Waals surface area contributed by atoms with Crippen LogP contribution in [0.2, 0.25) is 0 Å². The number of amidine groups is 2. The molecular formula is C10H8N8. The third kappa shape index (κ3) is 1.98. The van der Waals surface area contributed by atoms with E-state index in [-0.39, 0.29) is 0 Å². The van der Waals surface area contributed by atoms with Gasteiger partial charge >= 0.3 is 0 Å². The number of rotatable bonds is 2. The van der Waals surface area contributed by atoms with E-state index in [2.05, 4.69) is 41.0 Å². The highest BCUT2D eigenvalue weighted by atomic mass is 15.5. The third-order valence-electron chi connectivity index (χ3n) is 2.16. The Balaban J connectivity index is 1.79. The van der Waals surface area contributed by atoms with Gasteiger partial charge < -0.3 is 0 Å². The zero-order valence-electron chi connectivity index (χ0n) is 9.15. The average molecular weight is 240 g/mol. The van der Waals surface area contributed by atoms with Crippen LogP contribution in [0.15, 0.2) is 47.4 Å². The molecule has 0 fully saturated rings. The van der Waals surface area contributed by atoms with Crippen LogP contribution in [0.4, 0.5) is 0 Å². The SMILES string of the molecule is c1cnc(C2=NNC(c3cnccn3)=NN2)cn1. The van der Waals surface area contributed by atoms with Gasteiger partial charge in [0, 0.05) is 24.8 Å². The molecule has 0 saturated heterocycles. The monoisotopic (exact) mass is 240 g/mol. The van der Waals surface area contributed by atoms with Crippen molar-refractivity contribution < 1.29 is 0 Å². The molecule has 0 unspecified atom stereocenters. The van der Waals surface area contributed by atoms with Crippen molar-refractivity contribution >= 4 is 11.7 Å². The molecule has 0 atom stereocenters. The molecule has 2 N–H and O–H groups in total. The Morgan fingerprint density at radius 2 is 1.17 bits per heavy atom. The van der Waals surface area contributed by atoms with Crippen LogP contribution in [0.5, 0.6) is 0 Å². The van der Waals surface area contributed by atoms with E-state index in [9.17, 15) is 0 Å². The molecule has 0 spiro atoms. The molecule has 88 valence electrons. The lowest BCUT2D eigenvalue weighted by Crippen LogP contribution is -2.35. The van der Waals surface area contributed by atoms with E-state index in [1.807, 2.05) is 0 Å². The smallest absolute Gasteiger partial charge is 0.194 e. The van der Waals surface area contributed by atoms with E-state index in [4.69, 9.17) is 0 Å². The Hall–Kier alpha value is -2.90. The van der Waals surface area contributed by atoms with Crippen molar-refractivity contribution in [2.24, 2.45) is 10.2 Å². The average Bonchev–Trinajstić information content (AvgIpc) is 2.49. The minimum absolute atomic E-state index is 0.496. The molecule has 18 heavy (non-hydrogen) atoms. The molecule has 2 aromatic heterocycles. The van der Waals surface area contributed by atoms with Gasteiger partial charge in [-0.2, -0.15) is 10.2 Å². The maximum Gasteiger partial charge on any atom is 0.194 e. The number of aromatic nitrogens is 4. The summed E-state index contributed by atoms with van der Waals surface area (Å²) in [6.45, 7) is 0. The van der Waals surface area contributed by atoms with Gasteiger partial charge in [-0.3, -0.25) is 20.8 Å². The van der Waals surface area contributed by atoms with E-state index in [1.54, 1.807) is 37.2 Å². The largest absolute Gasteiger partial charge is 0.261 e. The lowest BCUT2D eigenvalue weighted by Gasteiger charge is -2.13. The fourth-order valence-electron chi connectivity index (χ4n) is 1.34. The molecule has 0 radical (unpaired) electrons. The number of hydrogen-bond acceptors (Lipinski definition) is 8. The van der Waals surface area contributed by atoms with Gasteiger partial charge in [-0.15, -0.1) is 0 Å². The van der Waals surface area contributed by atoms with Gasteiger partial charge in [0.05, 0.1) is 12.4 Å². The Kier molecular flexibility index (Phi) is 2.59. The van der Waals surface area contributed by atoms with E-state index in [0.29, 0.717) is 23.1 Å². The van der Waals surface area contributed by atoms with Crippen LogP contribution in [0, 0.1) is 0 Å². The highest BCUT2D eigenvalue weighted by Gasteiger charge is 2.12. The zero-order chi connectivity index (χ0) is 12.2. The van der Waals surface area contributed by atoms with Crippen LogP contribution in [0.25, 0.3) is 0 Å². The predicted octanol–water partition coefficient (Wildman–Crippen LogP) is -0.517. The second kappa shape index (κ2) is 4.53. The highest BCUT2D eigenvalue weighted by molar-refractivity contribution is 6.04. The number of hydrazone groups is 2. The molecule has 0 saturated carbocycles. The van der Waals surface area contributed by atoms with E-state index in [0.717, 1.165) is 0 Å². The van der Waals surface area contributed by atoms with Crippen molar-refractivity contribution in [3.05, 3.63) is 48.6 Å². The number of nitrogens with zero attached hydrogens (tertiary/aromatic N) is 6. The summed E-state index contributed by atoms with van der Waals surface area (Å²) in [7, 11) is 0. The van der Waals surface area contributed by atoms with Crippen molar-refractivity contribution in [1.82, 2.24) is 30.8 Å². The second-order valence-electron chi connectivity index (χ2n) is 3.33. The minimum Gasteiger partial charge on any atom is -0.261 e. The van der Waals surface area contributed by atoms with Gasteiger partial charge in [0.1, 0.15) is 11.4 Å². The summed E-state index contributed by atoms with van der Waals surface area (Å²) in [5.41, 5.74) is 6.79. The summed E-state index contributed by atoms with van der Waals surface area (Å²) in [4.78, 5) is 16.1. The fraction of sp³-hybridized carbons (Fsp3) is 0. The molecule has 0 aromatic carbocycles. The summed E-state index contributed by atoms with van der Waals surface area (Å²) in [6, 6.07) is 0. The van der Waals surface area contributed by atoms with Crippen molar-refractivity contribution in [1.29, 1.82) is 0 Å². The first-order valence-corrected chi connectivity index (χ1v) is 5.13. The predicted molar refractivity (Wildman–Crippen MR) is 63.4 cm³/mol. The van der Waals surface area contributed by atoms with Gasteiger partial charge in [0.15, 0.2) is 11.7 Å². The highest BCUT2D eigenvalue weighted by Crippen LogP contribution is 1.98. The van der Waals surface area contributed by atoms with E-state index >= 15 is 0 Å². The molecule has 1 aliphatic heterocycles. The lowest BCUT2D eigenvalue weighted by atomic mass is 10.4. The summed E-state index contributed by atoms with van der Waals surface area (Å²) < 4.78 is 0. The Morgan fingerprint density at radius 3 is 1.50 bits per heavy atom. The Morgan fingerprint density at radius 1 is 0.667 bits per heavy atom. The van der Waals surface area contributed by atoms with Crippen LogP contribution < -0.4 is 10.9 Å². The van der Waals surface area contributed by atoms with E-state index in [1.165, 1.54) is 0 Å². The standard InChI is InChI=1S/C10H8N8/c1-3-13-7(5-11-1)9-15-17-10(18-16-9)8-6-12-2-4-14-8/h1-6H,(H,15,16)(H,17,18). The third-order valence-corrected chi connectivity index (χ3v) is 2.16. The minimum atomic E-state index is 0.496. The molecule has 2 aromatic rings. The van der Waals surface area contributed by atoms with Crippen LogP contribution in [-0.2, 0) is 0 Å². The van der Waals surface area contributed by atoms with Gasteiger partial charge in [-0.05, 0) is 0 Å². The number of nitrogens with one attached hydrogen (secondary N) is 2. The lowest BCUT2D eigenvalue weighted by molar-refractivity contribution is 0.869. The normalized spacial score (nSPS) is 14.0. The maximum atomic E-state index is 4.11. The summed E-state index contributed by atoms with van der Waals surface area (Å²) >= 11 is 0. The van der Waals surface area contributed by atoms with Gasteiger partial charge in [0.25, 0.3) is 0 Å². The zero-order valence-corrected chi connectivity index (χ0v) is 9.15. The summed E-state index contributed by atoms with van der Waals surface area (Å²) in [6.07, 6.45) is 9.54. The van der Waals surface area contributed by atoms with Crippen LogP contribution in [0.3, 0.4) is 0 Å². The van der Waals surface area contributed by atoms with Crippen molar-refractivity contribution in [3.63, 3.8) is 0 Å². The molecule has 3 heterocycles. The van der Waals surface area contributed by atoms with Crippen molar-refractivity contribution in [3.8, 4) is 0 Å². The van der Waals surface area contributed by atoms with Gasteiger partial charge in [-0.25, -0.2) is 9.97 Å².